The van der Waals surface area contributed by atoms with Gasteiger partial charge in [-0.2, -0.15) is 0 Å². The zero-order chi connectivity index (χ0) is 13.3. The van der Waals surface area contributed by atoms with Gasteiger partial charge in [-0.05, 0) is 37.5 Å². The van der Waals surface area contributed by atoms with E-state index in [1.807, 2.05) is 0 Å². The van der Waals surface area contributed by atoms with Crippen LogP contribution < -0.4 is 5.32 Å². The summed E-state index contributed by atoms with van der Waals surface area (Å²) in [5.74, 6) is -1.97. The Hall–Kier alpha value is -1.91. The Morgan fingerprint density at radius 3 is 2.67 bits per heavy atom. The summed E-state index contributed by atoms with van der Waals surface area (Å²) in [5, 5.41) is 11.4. The maximum atomic E-state index is 13.3. The van der Waals surface area contributed by atoms with Gasteiger partial charge in [0, 0.05) is 11.6 Å². The zero-order valence-electron chi connectivity index (χ0n) is 9.94. The minimum Gasteiger partial charge on any atom is -0.481 e. The fraction of sp³-hybridized carbons (Fsp3) is 0.385. The molecule has 1 fully saturated rings. The van der Waals surface area contributed by atoms with Crippen molar-refractivity contribution in [2.45, 2.75) is 25.8 Å². The van der Waals surface area contributed by atoms with Crippen molar-refractivity contribution in [3.05, 3.63) is 35.1 Å². The Morgan fingerprint density at radius 1 is 1.39 bits per heavy atom. The van der Waals surface area contributed by atoms with Crippen LogP contribution in [-0.4, -0.2) is 23.0 Å². The average molecular weight is 251 g/mol. The molecule has 0 aromatic heterocycles. The number of benzene rings is 1. The van der Waals surface area contributed by atoms with Crippen LogP contribution in [0.2, 0.25) is 0 Å². The molecule has 1 aliphatic rings. The van der Waals surface area contributed by atoms with Gasteiger partial charge in [0.05, 0.1) is 5.92 Å². The number of amides is 1. The topological polar surface area (TPSA) is 66.4 Å². The SMILES string of the molecule is Cc1c(F)cccc1C(=O)NC1CC(C(=O)O)C1. The van der Waals surface area contributed by atoms with Crippen molar-refractivity contribution in [1.82, 2.24) is 5.32 Å². The first kappa shape index (κ1) is 12.5. The van der Waals surface area contributed by atoms with Gasteiger partial charge in [-0.3, -0.25) is 9.59 Å². The molecule has 0 spiro atoms. The maximum absolute atomic E-state index is 13.3. The molecule has 1 aliphatic carbocycles. The molecular formula is C13H14FNO3. The fourth-order valence-corrected chi connectivity index (χ4v) is 2.05. The van der Waals surface area contributed by atoms with Crippen LogP contribution >= 0.6 is 0 Å². The largest absolute Gasteiger partial charge is 0.481 e. The molecule has 0 bridgehead atoms. The predicted octanol–water partition coefficient (Wildman–Crippen LogP) is 1.73. The molecule has 1 saturated carbocycles. The Balaban J connectivity index is 1.97. The van der Waals surface area contributed by atoms with E-state index in [0.29, 0.717) is 24.0 Å². The van der Waals surface area contributed by atoms with Crippen LogP contribution in [0, 0.1) is 18.7 Å². The number of hydrogen-bond acceptors (Lipinski definition) is 2. The lowest BCUT2D eigenvalue weighted by atomic mass is 9.80. The molecule has 96 valence electrons. The molecule has 1 amide bonds. The van der Waals surface area contributed by atoms with Crippen LogP contribution in [0.4, 0.5) is 4.39 Å². The van der Waals surface area contributed by atoms with E-state index in [9.17, 15) is 14.0 Å². The van der Waals surface area contributed by atoms with Crippen LogP contribution in [0.5, 0.6) is 0 Å². The quantitative estimate of drug-likeness (QED) is 0.859. The summed E-state index contributed by atoms with van der Waals surface area (Å²) in [4.78, 5) is 22.5. The summed E-state index contributed by atoms with van der Waals surface area (Å²) in [6, 6.07) is 4.22. The monoisotopic (exact) mass is 251 g/mol. The second kappa shape index (κ2) is 4.76. The van der Waals surface area contributed by atoms with Crippen LogP contribution in [0.15, 0.2) is 18.2 Å². The van der Waals surface area contributed by atoms with Crippen LogP contribution in [-0.2, 0) is 4.79 Å². The van der Waals surface area contributed by atoms with E-state index in [1.54, 1.807) is 13.0 Å². The number of carbonyl (C=O) groups is 2. The fourth-order valence-electron chi connectivity index (χ4n) is 2.05. The van der Waals surface area contributed by atoms with Crippen LogP contribution in [0.1, 0.15) is 28.8 Å². The number of carbonyl (C=O) groups excluding carboxylic acids is 1. The molecule has 5 heteroatoms. The van der Waals surface area contributed by atoms with Gasteiger partial charge in [0.25, 0.3) is 5.91 Å². The van der Waals surface area contributed by atoms with Crippen molar-refractivity contribution >= 4 is 11.9 Å². The highest BCUT2D eigenvalue weighted by Gasteiger charge is 2.35. The summed E-state index contributed by atoms with van der Waals surface area (Å²) in [6.07, 6.45) is 0.880. The molecule has 2 N–H and O–H groups in total. The van der Waals surface area contributed by atoms with Crippen LogP contribution in [0.25, 0.3) is 0 Å². The van der Waals surface area contributed by atoms with Crippen molar-refractivity contribution in [1.29, 1.82) is 0 Å². The molecule has 0 radical (unpaired) electrons. The van der Waals surface area contributed by atoms with Gasteiger partial charge in [-0.1, -0.05) is 6.07 Å². The number of carboxylic acids is 1. The number of nitrogens with one attached hydrogen (secondary N) is 1. The summed E-state index contributed by atoms with van der Waals surface area (Å²) < 4.78 is 13.3. The third-order valence-electron chi connectivity index (χ3n) is 3.33. The number of aliphatic carboxylic acids is 1. The predicted molar refractivity (Wildman–Crippen MR) is 62.8 cm³/mol. The number of halogens is 1. The first-order valence-electron chi connectivity index (χ1n) is 5.78. The lowest BCUT2D eigenvalue weighted by molar-refractivity contribution is -0.145. The van der Waals surface area contributed by atoms with E-state index in [-0.39, 0.29) is 17.9 Å². The molecule has 0 saturated heterocycles. The summed E-state index contributed by atoms with van der Waals surface area (Å²) in [7, 11) is 0. The number of hydrogen-bond donors (Lipinski definition) is 2. The third kappa shape index (κ3) is 2.34. The Morgan fingerprint density at radius 2 is 2.06 bits per heavy atom. The second-order valence-electron chi connectivity index (χ2n) is 4.59. The van der Waals surface area contributed by atoms with E-state index in [4.69, 9.17) is 5.11 Å². The lowest BCUT2D eigenvalue weighted by Crippen LogP contribution is -2.46. The van der Waals surface area contributed by atoms with Crippen molar-refractivity contribution in [3.63, 3.8) is 0 Å². The molecular weight excluding hydrogens is 237 g/mol. The molecule has 1 aromatic carbocycles. The van der Waals surface area contributed by atoms with Gasteiger partial charge in [0.2, 0.25) is 0 Å². The molecule has 4 nitrogen and oxygen atoms in total. The maximum Gasteiger partial charge on any atom is 0.306 e. The summed E-state index contributed by atoms with van der Waals surface area (Å²) in [5.41, 5.74) is 0.609. The number of rotatable bonds is 3. The van der Waals surface area contributed by atoms with Crippen molar-refractivity contribution in [3.8, 4) is 0 Å². The first-order chi connectivity index (χ1) is 8.49. The summed E-state index contributed by atoms with van der Waals surface area (Å²) >= 11 is 0. The molecule has 1 aromatic rings. The van der Waals surface area contributed by atoms with E-state index in [0.717, 1.165) is 0 Å². The Bertz CT molecular complexity index is 495. The molecule has 0 aliphatic heterocycles. The van der Waals surface area contributed by atoms with Crippen molar-refractivity contribution in [2.75, 3.05) is 0 Å². The minimum absolute atomic E-state index is 0.124. The average Bonchev–Trinajstić information content (AvgIpc) is 2.25. The van der Waals surface area contributed by atoms with E-state index < -0.39 is 11.8 Å². The van der Waals surface area contributed by atoms with Crippen molar-refractivity contribution in [2.24, 2.45) is 5.92 Å². The van der Waals surface area contributed by atoms with Crippen molar-refractivity contribution < 1.29 is 19.1 Å². The van der Waals surface area contributed by atoms with Crippen LogP contribution in [0.3, 0.4) is 0 Å². The minimum atomic E-state index is -0.831. The highest BCUT2D eigenvalue weighted by atomic mass is 19.1. The third-order valence-corrected chi connectivity index (χ3v) is 3.33. The molecule has 0 unspecified atom stereocenters. The van der Waals surface area contributed by atoms with Gasteiger partial charge >= 0.3 is 5.97 Å². The van der Waals surface area contributed by atoms with E-state index in [1.165, 1.54) is 12.1 Å². The molecule has 0 atom stereocenters. The van der Waals surface area contributed by atoms with E-state index in [2.05, 4.69) is 5.32 Å². The smallest absolute Gasteiger partial charge is 0.306 e. The van der Waals surface area contributed by atoms with Gasteiger partial charge < -0.3 is 10.4 Å². The van der Waals surface area contributed by atoms with Gasteiger partial charge in [0.1, 0.15) is 5.82 Å². The lowest BCUT2D eigenvalue weighted by Gasteiger charge is -2.32. The second-order valence-corrected chi connectivity index (χ2v) is 4.59. The number of carboxylic acid groups (broad SMARTS) is 1. The zero-order valence-corrected chi connectivity index (χ0v) is 9.94. The van der Waals surface area contributed by atoms with Gasteiger partial charge in [0.15, 0.2) is 0 Å². The molecule has 2 rings (SSSR count). The summed E-state index contributed by atoms with van der Waals surface area (Å²) in [6.45, 7) is 1.55. The Kier molecular flexibility index (Phi) is 3.32. The normalized spacial score (nSPS) is 22.1. The Labute approximate surface area is 104 Å². The van der Waals surface area contributed by atoms with Gasteiger partial charge in [-0.25, -0.2) is 4.39 Å². The highest BCUT2D eigenvalue weighted by Crippen LogP contribution is 2.27. The van der Waals surface area contributed by atoms with Gasteiger partial charge in [-0.15, -0.1) is 0 Å². The standard InChI is InChI=1S/C13H14FNO3/c1-7-10(3-2-4-11(7)14)12(16)15-9-5-8(6-9)13(17)18/h2-4,8-9H,5-6H2,1H3,(H,15,16)(H,17,18). The van der Waals surface area contributed by atoms with E-state index >= 15 is 0 Å². The molecule has 0 heterocycles. The molecule has 18 heavy (non-hydrogen) atoms. The first-order valence-corrected chi connectivity index (χ1v) is 5.78. The highest BCUT2D eigenvalue weighted by molar-refractivity contribution is 5.96.